The first-order valence-electron chi connectivity index (χ1n) is 6.48. The van der Waals surface area contributed by atoms with E-state index in [0.717, 1.165) is 13.1 Å². The molecule has 9 heteroatoms. The third kappa shape index (κ3) is 3.88. The Morgan fingerprint density at radius 2 is 2.24 bits per heavy atom. The van der Waals surface area contributed by atoms with Crippen molar-refractivity contribution in [3.8, 4) is 0 Å². The third-order valence-electron chi connectivity index (χ3n) is 3.22. The number of nitrogens with one attached hydrogen (secondary N) is 1. The monoisotopic (exact) mass is 357 g/mol. The number of anilines is 1. The number of carbonyl (C=O) groups excluding carboxylic acids is 1. The summed E-state index contributed by atoms with van der Waals surface area (Å²) in [6.07, 6.45) is 1.19. The summed E-state index contributed by atoms with van der Waals surface area (Å²) in [5, 5.41) is 13.9. The molecule has 0 saturated carbocycles. The highest BCUT2D eigenvalue weighted by Gasteiger charge is 2.20. The lowest BCUT2D eigenvalue weighted by molar-refractivity contribution is -0.385. The standard InChI is InChI=1S/C12H16BrN5O3/c1-16(8-11(19)17-4-2-14-3-5-17)12-10(13)6-9(7-15-12)18(20)21/h6-7,14H,2-5,8H2,1H3. The lowest BCUT2D eigenvalue weighted by Gasteiger charge is -2.29. The molecule has 1 aromatic heterocycles. The van der Waals surface area contributed by atoms with Crippen molar-refractivity contribution in [2.24, 2.45) is 0 Å². The van der Waals surface area contributed by atoms with Crippen LogP contribution >= 0.6 is 15.9 Å². The van der Waals surface area contributed by atoms with Gasteiger partial charge in [-0.1, -0.05) is 0 Å². The van der Waals surface area contributed by atoms with Gasteiger partial charge in [-0.2, -0.15) is 0 Å². The average Bonchev–Trinajstić information content (AvgIpc) is 2.47. The van der Waals surface area contributed by atoms with Gasteiger partial charge in [0.2, 0.25) is 5.91 Å². The fraction of sp³-hybridized carbons (Fsp3) is 0.500. The van der Waals surface area contributed by atoms with E-state index in [9.17, 15) is 14.9 Å². The van der Waals surface area contributed by atoms with Crippen molar-refractivity contribution in [3.63, 3.8) is 0 Å². The molecule has 1 amide bonds. The fourth-order valence-electron chi connectivity index (χ4n) is 2.09. The number of rotatable bonds is 4. The Hall–Kier alpha value is -1.74. The summed E-state index contributed by atoms with van der Waals surface area (Å²) in [7, 11) is 1.74. The molecule has 1 saturated heterocycles. The van der Waals surface area contributed by atoms with Gasteiger partial charge in [-0.25, -0.2) is 4.98 Å². The molecule has 1 N–H and O–H groups in total. The lowest BCUT2D eigenvalue weighted by Crippen LogP contribution is -2.49. The van der Waals surface area contributed by atoms with Crippen LogP contribution in [0.1, 0.15) is 0 Å². The summed E-state index contributed by atoms with van der Waals surface area (Å²) < 4.78 is 0.493. The van der Waals surface area contributed by atoms with Gasteiger partial charge >= 0.3 is 0 Å². The predicted octanol–water partition coefficient (Wildman–Crippen LogP) is 0.620. The predicted molar refractivity (Wildman–Crippen MR) is 81.3 cm³/mol. The van der Waals surface area contributed by atoms with Gasteiger partial charge in [0.15, 0.2) is 0 Å². The molecule has 1 aliphatic rings. The summed E-state index contributed by atoms with van der Waals surface area (Å²) in [6, 6.07) is 1.38. The number of pyridine rings is 1. The molecule has 114 valence electrons. The number of nitrogens with zero attached hydrogens (tertiary/aromatic N) is 4. The molecule has 8 nitrogen and oxygen atoms in total. The first-order chi connectivity index (χ1) is 9.99. The fourth-order valence-corrected chi connectivity index (χ4v) is 2.73. The molecule has 2 heterocycles. The van der Waals surface area contributed by atoms with E-state index in [4.69, 9.17) is 0 Å². The zero-order chi connectivity index (χ0) is 15.4. The van der Waals surface area contributed by atoms with Gasteiger partial charge < -0.3 is 15.1 Å². The van der Waals surface area contributed by atoms with Crippen LogP contribution in [0.5, 0.6) is 0 Å². The molecule has 0 unspecified atom stereocenters. The number of hydrogen-bond acceptors (Lipinski definition) is 6. The molecule has 0 spiro atoms. The summed E-state index contributed by atoms with van der Waals surface area (Å²) in [6.45, 7) is 3.18. The van der Waals surface area contributed by atoms with Gasteiger partial charge in [0, 0.05) is 39.3 Å². The number of nitro groups is 1. The SMILES string of the molecule is CN(CC(=O)N1CCNCC1)c1ncc([N+](=O)[O-])cc1Br. The summed E-state index contributed by atoms with van der Waals surface area (Å²) in [5.41, 5.74) is -0.0903. The van der Waals surface area contributed by atoms with Gasteiger partial charge in [0.05, 0.1) is 15.9 Å². The van der Waals surface area contributed by atoms with Gasteiger partial charge in [0.25, 0.3) is 5.69 Å². The molecule has 1 fully saturated rings. The normalized spacial score (nSPS) is 14.9. The number of aromatic nitrogens is 1. The molecule has 2 rings (SSSR count). The van der Waals surface area contributed by atoms with Crippen LogP contribution < -0.4 is 10.2 Å². The summed E-state index contributed by atoms with van der Waals surface area (Å²) >= 11 is 3.26. The first kappa shape index (κ1) is 15.6. The van der Waals surface area contributed by atoms with Crippen molar-refractivity contribution in [2.45, 2.75) is 0 Å². The zero-order valence-electron chi connectivity index (χ0n) is 11.6. The van der Waals surface area contributed by atoms with Crippen LogP contribution in [-0.2, 0) is 4.79 Å². The molecule has 1 aliphatic heterocycles. The summed E-state index contributed by atoms with van der Waals surface area (Å²) in [5.74, 6) is 0.523. The highest BCUT2D eigenvalue weighted by Crippen LogP contribution is 2.26. The average molecular weight is 358 g/mol. The van der Waals surface area contributed by atoms with Crippen molar-refractivity contribution >= 4 is 33.3 Å². The largest absolute Gasteiger partial charge is 0.349 e. The molecule has 0 aromatic carbocycles. The maximum Gasteiger partial charge on any atom is 0.288 e. The second-order valence-electron chi connectivity index (χ2n) is 4.74. The van der Waals surface area contributed by atoms with Crippen LogP contribution in [0.15, 0.2) is 16.7 Å². The van der Waals surface area contributed by atoms with Crippen molar-refractivity contribution < 1.29 is 9.72 Å². The Bertz CT molecular complexity index is 548. The molecule has 0 atom stereocenters. The van der Waals surface area contributed by atoms with Crippen molar-refractivity contribution in [1.29, 1.82) is 0 Å². The van der Waals surface area contributed by atoms with Crippen LogP contribution in [0.25, 0.3) is 0 Å². The van der Waals surface area contributed by atoms with Crippen LogP contribution in [-0.4, -0.2) is 60.5 Å². The number of likely N-dealkylation sites (N-methyl/N-ethyl adjacent to an activating group) is 1. The minimum absolute atomic E-state index is 0.0195. The molecule has 0 bridgehead atoms. The second-order valence-corrected chi connectivity index (χ2v) is 5.60. The van der Waals surface area contributed by atoms with E-state index in [1.54, 1.807) is 16.8 Å². The smallest absolute Gasteiger partial charge is 0.288 e. The lowest BCUT2D eigenvalue weighted by atomic mass is 10.3. The third-order valence-corrected chi connectivity index (χ3v) is 3.81. The Labute approximate surface area is 130 Å². The Morgan fingerprint density at radius 1 is 1.57 bits per heavy atom. The Kier molecular flexibility index (Phi) is 5.07. The molecular formula is C12H16BrN5O3. The van der Waals surface area contributed by atoms with E-state index >= 15 is 0 Å². The molecule has 0 radical (unpaired) electrons. The van der Waals surface area contributed by atoms with Gasteiger partial charge in [-0.3, -0.25) is 14.9 Å². The molecule has 0 aliphatic carbocycles. The highest BCUT2D eigenvalue weighted by molar-refractivity contribution is 9.10. The summed E-state index contributed by atoms with van der Waals surface area (Å²) in [4.78, 5) is 29.9. The maximum atomic E-state index is 12.2. The van der Waals surface area contributed by atoms with Crippen LogP contribution in [0, 0.1) is 10.1 Å². The van der Waals surface area contributed by atoms with Gasteiger partial charge in [-0.05, 0) is 15.9 Å². The van der Waals surface area contributed by atoms with Crippen molar-refractivity contribution in [3.05, 3.63) is 26.9 Å². The van der Waals surface area contributed by atoms with Gasteiger partial charge in [0.1, 0.15) is 12.0 Å². The maximum absolute atomic E-state index is 12.2. The number of piperazine rings is 1. The minimum Gasteiger partial charge on any atom is -0.349 e. The minimum atomic E-state index is -0.507. The molecule has 21 heavy (non-hydrogen) atoms. The topological polar surface area (TPSA) is 91.6 Å². The van der Waals surface area contributed by atoms with Crippen molar-refractivity contribution in [1.82, 2.24) is 15.2 Å². The highest BCUT2D eigenvalue weighted by atomic mass is 79.9. The zero-order valence-corrected chi connectivity index (χ0v) is 13.2. The number of hydrogen-bond donors (Lipinski definition) is 1. The van der Waals surface area contributed by atoms with Crippen LogP contribution in [0.4, 0.5) is 11.5 Å². The number of carbonyl (C=O) groups is 1. The Balaban J connectivity index is 2.04. The van der Waals surface area contributed by atoms with Gasteiger partial charge in [-0.15, -0.1) is 0 Å². The van der Waals surface area contributed by atoms with Crippen LogP contribution in [0.3, 0.4) is 0 Å². The van der Waals surface area contributed by atoms with E-state index in [-0.39, 0.29) is 18.1 Å². The quantitative estimate of drug-likeness (QED) is 0.627. The van der Waals surface area contributed by atoms with Crippen molar-refractivity contribution in [2.75, 3.05) is 44.7 Å². The van der Waals surface area contributed by atoms with E-state index in [0.29, 0.717) is 23.4 Å². The number of amides is 1. The molecule has 1 aromatic rings. The number of halogens is 1. The Morgan fingerprint density at radius 3 is 2.81 bits per heavy atom. The second kappa shape index (κ2) is 6.81. The van der Waals surface area contributed by atoms with E-state index in [2.05, 4.69) is 26.2 Å². The van der Waals surface area contributed by atoms with Crippen LogP contribution in [0.2, 0.25) is 0 Å². The van der Waals surface area contributed by atoms with E-state index in [1.807, 2.05) is 0 Å². The van der Waals surface area contributed by atoms with E-state index in [1.165, 1.54) is 12.3 Å². The van der Waals surface area contributed by atoms with E-state index < -0.39 is 4.92 Å². The first-order valence-corrected chi connectivity index (χ1v) is 7.28. The molecular weight excluding hydrogens is 342 g/mol.